The molecule has 0 bridgehead atoms. The van der Waals surface area contributed by atoms with Crippen LogP contribution in [0, 0.1) is 0 Å². The minimum atomic E-state index is 0. The summed E-state index contributed by atoms with van der Waals surface area (Å²) in [7, 11) is 1.76. The van der Waals surface area contributed by atoms with Crippen molar-refractivity contribution in [2.45, 2.75) is 38.3 Å². The van der Waals surface area contributed by atoms with Crippen LogP contribution in [0.3, 0.4) is 0 Å². The Morgan fingerprint density at radius 2 is 2.04 bits per heavy atom. The van der Waals surface area contributed by atoms with Gasteiger partial charge in [-0.15, -0.1) is 24.0 Å². The zero-order chi connectivity index (χ0) is 18.1. The average Bonchev–Trinajstić information content (AvgIpc) is 2.63. The smallest absolute Gasteiger partial charge is 0.191 e. The quantitative estimate of drug-likeness (QED) is 0.244. The van der Waals surface area contributed by atoms with Crippen molar-refractivity contribution in [2.24, 2.45) is 4.99 Å². The van der Waals surface area contributed by atoms with E-state index in [2.05, 4.69) is 22.5 Å². The first-order valence-electron chi connectivity index (χ1n) is 8.71. The first-order valence-corrected chi connectivity index (χ1v) is 9.47. The van der Waals surface area contributed by atoms with E-state index in [9.17, 15) is 0 Å². The molecular formula is C18H28Cl2IN3O2. The van der Waals surface area contributed by atoms with E-state index in [0.717, 1.165) is 57.2 Å². The molecule has 1 aliphatic rings. The van der Waals surface area contributed by atoms with E-state index in [0.29, 0.717) is 16.1 Å². The van der Waals surface area contributed by atoms with E-state index in [-0.39, 0.29) is 30.0 Å². The lowest BCUT2D eigenvalue weighted by Gasteiger charge is -2.22. The van der Waals surface area contributed by atoms with Crippen LogP contribution in [0.15, 0.2) is 23.2 Å². The summed E-state index contributed by atoms with van der Waals surface area (Å²) in [6, 6.07) is 5.71. The minimum absolute atomic E-state index is 0. The molecule has 0 radical (unpaired) electrons. The van der Waals surface area contributed by atoms with Gasteiger partial charge in [0.05, 0.1) is 22.2 Å². The molecule has 1 atom stereocenters. The molecule has 1 fully saturated rings. The maximum Gasteiger partial charge on any atom is 0.191 e. The van der Waals surface area contributed by atoms with Gasteiger partial charge in [0.1, 0.15) is 0 Å². The monoisotopic (exact) mass is 515 g/mol. The lowest BCUT2D eigenvalue weighted by molar-refractivity contribution is -0.0320. The Labute approximate surface area is 183 Å². The molecule has 0 saturated carbocycles. The molecule has 5 nitrogen and oxygen atoms in total. The molecule has 1 aromatic carbocycles. The van der Waals surface area contributed by atoms with E-state index < -0.39 is 0 Å². The number of aliphatic imine (C=N–C) groups is 1. The average molecular weight is 516 g/mol. The van der Waals surface area contributed by atoms with Crippen LogP contribution in [0.2, 0.25) is 10.0 Å². The minimum Gasteiger partial charge on any atom is -0.381 e. The zero-order valence-corrected chi connectivity index (χ0v) is 19.1. The van der Waals surface area contributed by atoms with Crippen molar-refractivity contribution < 1.29 is 9.47 Å². The first kappa shape index (κ1) is 23.8. The standard InChI is InChI=1S/C18H27Cl2N3O2.HI/c1-13(14-4-5-16(19)17(20)12-14)23-18(21-2)22-8-3-9-25-15-6-10-24-11-7-15;/h4-5,12-13,15H,3,6-11H2,1-2H3,(H2,21,22,23);1H. The van der Waals surface area contributed by atoms with E-state index in [1.165, 1.54) is 0 Å². The summed E-state index contributed by atoms with van der Waals surface area (Å²) in [5, 5.41) is 7.78. The molecule has 1 heterocycles. The Kier molecular flexibility index (Phi) is 11.9. The number of benzene rings is 1. The van der Waals surface area contributed by atoms with Gasteiger partial charge >= 0.3 is 0 Å². The SMILES string of the molecule is CN=C(NCCCOC1CCOCC1)NC(C)c1ccc(Cl)c(Cl)c1.I. The number of ether oxygens (including phenoxy) is 2. The van der Waals surface area contributed by atoms with Gasteiger partial charge in [0.15, 0.2) is 5.96 Å². The van der Waals surface area contributed by atoms with Crippen LogP contribution in [0.5, 0.6) is 0 Å². The van der Waals surface area contributed by atoms with Gasteiger partial charge in [-0.25, -0.2) is 0 Å². The van der Waals surface area contributed by atoms with Gasteiger partial charge in [-0.3, -0.25) is 4.99 Å². The van der Waals surface area contributed by atoms with Crippen LogP contribution in [-0.4, -0.2) is 45.5 Å². The van der Waals surface area contributed by atoms with Crippen LogP contribution >= 0.6 is 47.2 Å². The molecule has 1 unspecified atom stereocenters. The lowest BCUT2D eigenvalue weighted by atomic mass is 10.1. The van der Waals surface area contributed by atoms with Crippen LogP contribution < -0.4 is 10.6 Å². The summed E-state index contributed by atoms with van der Waals surface area (Å²) in [6.07, 6.45) is 3.27. The number of rotatable bonds is 7. The zero-order valence-electron chi connectivity index (χ0n) is 15.3. The first-order chi connectivity index (χ1) is 12.1. The van der Waals surface area contributed by atoms with Gasteiger partial charge in [0, 0.05) is 33.4 Å². The number of nitrogens with one attached hydrogen (secondary N) is 2. The largest absolute Gasteiger partial charge is 0.381 e. The number of hydrogen-bond acceptors (Lipinski definition) is 3. The van der Waals surface area contributed by atoms with E-state index in [4.69, 9.17) is 32.7 Å². The molecule has 26 heavy (non-hydrogen) atoms. The second-order valence-corrected chi connectivity index (χ2v) is 6.89. The molecule has 0 aliphatic carbocycles. The molecular weight excluding hydrogens is 488 g/mol. The van der Waals surface area contributed by atoms with Crippen molar-refractivity contribution in [2.75, 3.05) is 33.4 Å². The normalized spacial score (nSPS) is 16.7. The second kappa shape index (κ2) is 13.0. The number of halogens is 3. The maximum atomic E-state index is 6.08. The topological polar surface area (TPSA) is 54.9 Å². The van der Waals surface area contributed by atoms with Gasteiger partial charge in [-0.05, 0) is 43.9 Å². The molecule has 148 valence electrons. The third-order valence-electron chi connectivity index (χ3n) is 4.16. The van der Waals surface area contributed by atoms with E-state index in [1.807, 2.05) is 12.1 Å². The predicted molar refractivity (Wildman–Crippen MR) is 119 cm³/mol. The number of nitrogens with zero attached hydrogens (tertiary/aromatic N) is 1. The molecule has 0 amide bonds. The van der Waals surface area contributed by atoms with Crippen molar-refractivity contribution in [1.82, 2.24) is 10.6 Å². The Bertz CT molecular complexity index is 569. The highest BCUT2D eigenvalue weighted by Crippen LogP contribution is 2.25. The molecule has 0 aromatic heterocycles. The van der Waals surface area contributed by atoms with Crippen molar-refractivity contribution in [3.8, 4) is 0 Å². The Hall–Kier alpha value is -0.280. The highest BCUT2D eigenvalue weighted by molar-refractivity contribution is 14.0. The Morgan fingerprint density at radius 3 is 2.69 bits per heavy atom. The summed E-state index contributed by atoms with van der Waals surface area (Å²) in [6.45, 7) is 5.23. The third kappa shape index (κ3) is 8.17. The third-order valence-corrected chi connectivity index (χ3v) is 4.89. The van der Waals surface area contributed by atoms with E-state index >= 15 is 0 Å². The second-order valence-electron chi connectivity index (χ2n) is 6.07. The van der Waals surface area contributed by atoms with E-state index in [1.54, 1.807) is 13.1 Å². The molecule has 8 heteroatoms. The fourth-order valence-corrected chi connectivity index (χ4v) is 2.94. The fourth-order valence-electron chi connectivity index (χ4n) is 2.64. The molecule has 1 saturated heterocycles. The van der Waals surface area contributed by atoms with Gasteiger partial charge < -0.3 is 20.1 Å². The molecule has 1 aliphatic heterocycles. The highest BCUT2D eigenvalue weighted by Gasteiger charge is 2.13. The fraction of sp³-hybridized carbons (Fsp3) is 0.611. The number of guanidine groups is 1. The van der Waals surface area contributed by atoms with Crippen LogP contribution in [0.4, 0.5) is 0 Å². The Morgan fingerprint density at radius 1 is 1.31 bits per heavy atom. The molecule has 0 spiro atoms. The molecule has 2 rings (SSSR count). The van der Waals surface area contributed by atoms with Crippen LogP contribution in [0.25, 0.3) is 0 Å². The number of hydrogen-bond donors (Lipinski definition) is 2. The van der Waals surface area contributed by atoms with Crippen molar-refractivity contribution in [3.05, 3.63) is 33.8 Å². The summed E-state index contributed by atoms with van der Waals surface area (Å²) in [4.78, 5) is 4.26. The Balaban J connectivity index is 0.00000338. The van der Waals surface area contributed by atoms with Crippen LogP contribution in [-0.2, 0) is 9.47 Å². The summed E-state index contributed by atoms with van der Waals surface area (Å²) >= 11 is 12.0. The molecule has 1 aromatic rings. The summed E-state index contributed by atoms with van der Waals surface area (Å²) in [5.41, 5.74) is 1.06. The summed E-state index contributed by atoms with van der Waals surface area (Å²) < 4.78 is 11.2. The lowest BCUT2D eigenvalue weighted by Crippen LogP contribution is -2.39. The van der Waals surface area contributed by atoms with Crippen molar-refractivity contribution in [3.63, 3.8) is 0 Å². The summed E-state index contributed by atoms with van der Waals surface area (Å²) in [5.74, 6) is 0.754. The van der Waals surface area contributed by atoms with Gasteiger partial charge in [0.25, 0.3) is 0 Å². The maximum absolute atomic E-state index is 6.08. The predicted octanol–water partition coefficient (Wildman–Crippen LogP) is 4.42. The molecule has 2 N–H and O–H groups in total. The van der Waals surface area contributed by atoms with Crippen molar-refractivity contribution in [1.29, 1.82) is 0 Å². The highest BCUT2D eigenvalue weighted by atomic mass is 127. The van der Waals surface area contributed by atoms with Crippen LogP contribution in [0.1, 0.15) is 37.8 Å². The van der Waals surface area contributed by atoms with Crippen molar-refractivity contribution >= 4 is 53.1 Å². The van der Waals surface area contributed by atoms with Gasteiger partial charge in [-0.2, -0.15) is 0 Å². The van der Waals surface area contributed by atoms with Gasteiger partial charge in [0.2, 0.25) is 0 Å². The van der Waals surface area contributed by atoms with Gasteiger partial charge in [-0.1, -0.05) is 29.3 Å².